The van der Waals surface area contributed by atoms with Crippen molar-refractivity contribution in [3.8, 4) is 5.75 Å². The lowest BCUT2D eigenvalue weighted by molar-refractivity contribution is 0.108. The molecular weight excluding hydrogens is 264 g/mol. The summed E-state index contributed by atoms with van der Waals surface area (Å²) < 4.78 is 5.69. The molecule has 1 atom stereocenters. The Morgan fingerprint density at radius 2 is 2.00 bits per heavy atom. The standard InChI is InChI=1S/C17H20N2O2/c20-13-17(19-11-7-14-5-9-18-10-6-14)8-12-21-16-4-2-1-3-15(16)17/h1-6,9-10,19-20H,7-8,11-13H2. The van der Waals surface area contributed by atoms with Gasteiger partial charge in [0, 0.05) is 30.9 Å². The van der Waals surface area contributed by atoms with E-state index in [0.29, 0.717) is 6.61 Å². The predicted octanol–water partition coefficient (Wildman–Crippen LogP) is 1.88. The maximum atomic E-state index is 9.96. The third-order valence-electron chi connectivity index (χ3n) is 4.09. The van der Waals surface area contributed by atoms with Crippen molar-refractivity contribution in [2.45, 2.75) is 18.4 Å². The lowest BCUT2D eigenvalue weighted by Gasteiger charge is -2.38. The fourth-order valence-corrected chi connectivity index (χ4v) is 2.86. The van der Waals surface area contributed by atoms with Crippen LogP contribution in [-0.2, 0) is 12.0 Å². The zero-order valence-electron chi connectivity index (χ0n) is 12.0. The van der Waals surface area contributed by atoms with Gasteiger partial charge in [-0.2, -0.15) is 0 Å². The van der Waals surface area contributed by atoms with Crippen LogP contribution in [-0.4, -0.2) is 29.8 Å². The summed E-state index contributed by atoms with van der Waals surface area (Å²) in [7, 11) is 0. The predicted molar refractivity (Wildman–Crippen MR) is 81.3 cm³/mol. The van der Waals surface area contributed by atoms with Gasteiger partial charge in [-0.25, -0.2) is 0 Å². The topological polar surface area (TPSA) is 54.4 Å². The van der Waals surface area contributed by atoms with Crippen LogP contribution in [0.25, 0.3) is 0 Å². The zero-order valence-corrected chi connectivity index (χ0v) is 12.0. The van der Waals surface area contributed by atoms with E-state index in [-0.39, 0.29) is 6.61 Å². The number of aromatic nitrogens is 1. The zero-order chi connectivity index (χ0) is 14.5. The van der Waals surface area contributed by atoms with Gasteiger partial charge in [-0.3, -0.25) is 4.98 Å². The van der Waals surface area contributed by atoms with E-state index in [2.05, 4.69) is 10.3 Å². The molecule has 4 heteroatoms. The van der Waals surface area contributed by atoms with Gasteiger partial charge in [0.25, 0.3) is 0 Å². The highest BCUT2D eigenvalue weighted by Gasteiger charge is 2.36. The van der Waals surface area contributed by atoms with Gasteiger partial charge in [0.1, 0.15) is 5.75 Å². The second-order valence-corrected chi connectivity index (χ2v) is 5.37. The molecule has 1 aromatic carbocycles. The third kappa shape index (κ3) is 2.91. The first kappa shape index (κ1) is 14.0. The Balaban J connectivity index is 1.73. The van der Waals surface area contributed by atoms with E-state index in [1.54, 1.807) is 12.4 Å². The maximum Gasteiger partial charge on any atom is 0.124 e. The van der Waals surface area contributed by atoms with Crippen molar-refractivity contribution < 1.29 is 9.84 Å². The summed E-state index contributed by atoms with van der Waals surface area (Å²) in [6, 6.07) is 12.0. The Morgan fingerprint density at radius 3 is 2.81 bits per heavy atom. The van der Waals surface area contributed by atoms with Gasteiger partial charge >= 0.3 is 0 Å². The van der Waals surface area contributed by atoms with Crippen molar-refractivity contribution in [1.29, 1.82) is 0 Å². The first-order valence-electron chi connectivity index (χ1n) is 7.31. The van der Waals surface area contributed by atoms with Crippen LogP contribution in [0.2, 0.25) is 0 Å². The van der Waals surface area contributed by atoms with Crippen LogP contribution in [0.5, 0.6) is 5.75 Å². The van der Waals surface area contributed by atoms with Gasteiger partial charge in [0.05, 0.1) is 18.8 Å². The number of para-hydroxylation sites is 1. The molecule has 2 N–H and O–H groups in total. The Morgan fingerprint density at radius 1 is 1.19 bits per heavy atom. The number of nitrogens with one attached hydrogen (secondary N) is 1. The second-order valence-electron chi connectivity index (χ2n) is 5.37. The fraction of sp³-hybridized carbons (Fsp3) is 0.353. The molecule has 2 heterocycles. The molecule has 1 aromatic heterocycles. The number of pyridine rings is 1. The average Bonchev–Trinajstić information content (AvgIpc) is 2.56. The van der Waals surface area contributed by atoms with E-state index >= 15 is 0 Å². The van der Waals surface area contributed by atoms with Crippen molar-refractivity contribution in [2.75, 3.05) is 19.8 Å². The molecule has 4 nitrogen and oxygen atoms in total. The summed E-state index contributed by atoms with van der Waals surface area (Å²) >= 11 is 0. The van der Waals surface area contributed by atoms with Crippen LogP contribution >= 0.6 is 0 Å². The lowest BCUT2D eigenvalue weighted by Crippen LogP contribution is -2.49. The highest BCUT2D eigenvalue weighted by atomic mass is 16.5. The quantitative estimate of drug-likeness (QED) is 0.880. The molecule has 0 spiro atoms. The number of aliphatic hydroxyl groups is 1. The molecule has 3 rings (SSSR count). The van der Waals surface area contributed by atoms with Gasteiger partial charge < -0.3 is 15.2 Å². The van der Waals surface area contributed by atoms with E-state index in [1.807, 2.05) is 36.4 Å². The molecule has 110 valence electrons. The number of ether oxygens (including phenoxy) is 1. The monoisotopic (exact) mass is 284 g/mol. The third-order valence-corrected chi connectivity index (χ3v) is 4.09. The number of hydrogen-bond donors (Lipinski definition) is 2. The smallest absolute Gasteiger partial charge is 0.124 e. The number of fused-ring (bicyclic) bond motifs is 1. The molecule has 0 aliphatic carbocycles. The highest BCUT2D eigenvalue weighted by molar-refractivity contribution is 5.41. The molecule has 0 fully saturated rings. The Hall–Kier alpha value is -1.91. The molecule has 1 unspecified atom stereocenters. The van der Waals surface area contributed by atoms with Crippen molar-refractivity contribution in [2.24, 2.45) is 0 Å². The Labute approximate surface area is 124 Å². The number of aliphatic hydroxyl groups excluding tert-OH is 1. The number of benzene rings is 1. The first-order chi connectivity index (χ1) is 10.3. The van der Waals surface area contributed by atoms with E-state index in [0.717, 1.165) is 30.7 Å². The fourth-order valence-electron chi connectivity index (χ4n) is 2.86. The minimum atomic E-state index is -0.401. The maximum absolute atomic E-state index is 9.96. The van der Waals surface area contributed by atoms with Crippen molar-refractivity contribution in [3.63, 3.8) is 0 Å². The largest absolute Gasteiger partial charge is 0.493 e. The van der Waals surface area contributed by atoms with Crippen molar-refractivity contribution in [3.05, 3.63) is 59.9 Å². The summed E-state index contributed by atoms with van der Waals surface area (Å²) in [6.07, 6.45) is 5.30. The molecule has 0 radical (unpaired) electrons. The average molecular weight is 284 g/mol. The minimum Gasteiger partial charge on any atom is -0.493 e. The van der Waals surface area contributed by atoms with E-state index in [9.17, 15) is 5.11 Å². The van der Waals surface area contributed by atoms with E-state index < -0.39 is 5.54 Å². The summed E-state index contributed by atoms with van der Waals surface area (Å²) in [6.45, 7) is 1.50. The molecule has 1 aliphatic rings. The SMILES string of the molecule is OCC1(NCCc2ccncc2)CCOc2ccccc21. The second kappa shape index (κ2) is 6.24. The number of rotatable bonds is 5. The molecule has 0 bridgehead atoms. The van der Waals surface area contributed by atoms with Gasteiger partial charge in [-0.15, -0.1) is 0 Å². The Kier molecular flexibility index (Phi) is 4.18. The van der Waals surface area contributed by atoms with Gasteiger partial charge in [0.2, 0.25) is 0 Å². The Bertz CT molecular complexity index is 588. The highest BCUT2D eigenvalue weighted by Crippen LogP contribution is 2.36. The van der Waals surface area contributed by atoms with Crippen molar-refractivity contribution in [1.82, 2.24) is 10.3 Å². The number of hydrogen-bond acceptors (Lipinski definition) is 4. The van der Waals surface area contributed by atoms with E-state index in [4.69, 9.17) is 4.74 Å². The molecule has 0 amide bonds. The first-order valence-corrected chi connectivity index (χ1v) is 7.31. The normalized spacial score (nSPS) is 20.6. The molecule has 2 aromatic rings. The van der Waals surface area contributed by atoms with Crippen LogP contribution in [0.3, 0.4) is 0 Å². The summed E-state index contributed by atoms with van der Waals surface area (Å²) in [5.74, 6) is 0.870. The summed E-state index contributed by atoms with van der Waals surface area (Å²) in [4.78, 5) is 4.03. The summed E-state index contributed by atoms with van der Waals surface area (Å²) in [5.41, 5.74) is 1.89. The molecule has 21 heavy (non-hydrogen) atoms. The van der Waals surface area contributed by atoms with Crippen LogP contribution in [0.1, 0.15) is 17.5 Å². The van der Waals surface area contributed by atoms with E-state index in [1.165, 1.54) is 5.56 Å². The van der Waals surface area contributed by atoms with Gasteiger partial charge in [-0.05, 0) is 30.2 Å². The minimum absolute atomic E-state index is 0.0731. The van der Waals surface area contributed by atoms with Crippen LogP contribution < -0.4 is 10.1 Å². The summed E-state index contributed by atoms with van der Waals surface area (Å²) in [5, 5.41) is 13.5. The van der Waals surface area contributed by atoms with Crippen LogP contribution in [0, 0.1) is 0 Å². The molecular formula is C17H20N2O2. The molecule has 0 saturated heterocycles. The van der Waals surface area contributed by atoms with Crippen LogP contribution in [0.15, 0.2) is 48.8 Å². The molecule has 1 aliphatic heterocycles. The van der Waals surface area contributed by atoms with Gasteiger partial charge in [0.15, 0.2) is 0 Å². The molecule has 0 saturated carbocycles. The van der Waals surface area contributed by atoms with Crippen molar-refractivity contribution >= 4 is 0 Å². The van der Waals surface area contributed by atoms with Gasteiger partial charge in [-0.1, -0.05) is 18.2 Å². The number of nitrogens with zero attached hydrogens (tertiary/aromatic N) is 1. The lowest BCUT2D eigenvalue weighted by atomic mass is 9.85. The van der Waals surface area contributed by atoms with Crippen LogP contribution in [0.4, 0.5) is 0 Å².